The van der Waals surface area contributed by atoms with Crippen LogP contribution in [0.15, 0.2) is 48.7 Å². The van der Waals surface area contributed by atoms with Gasteiger partial charge in [0.05, 0.1) is 33.4 Å². The summed E-state index contributed by atoms with van der Waals surface area (Å²) in [5.74, 6) is -0.535. The number of benzene rings is 1. The largest absolute Gasteiger partial charge is 0.375 e. The first kappa shape index (κ1) is 23.6. The fourth-order valence-electron chi connectivity index (χ4n) is 3.56. The zero-order chi connectivity index (χ0) is 23.9. The average Bonchev–Trinajstić information content (AvgIpc) is 2.76. The Kier molecular flexibility index (Phi) is 6.45. The van der Waals surface area contributed by atoms with Crippen molar-refractivity contribution in [3.63, 3.8) is 0 Å². The first-order chi connectivity index (χ1) is 15.6. The molecule has 170 valence electrons. The van der Waals surface area contributed by atoms with Gasteiger partial charge < -0.3 is 9.88 Å². The number of fused-ring (bicyclic) bond motifs is 1. The van der Waals surface area contributed by atoms with E-state index in [0.29, 0.717) is 43.5 Å². The molecule has 0 radical (unpaired) electrons. The van der Waals surface area contributed by atoms with E-state index < -0.39 is 13.0 Å². The number of hydrogen-bond acceptors (Lipinski definition) is 5. The zero-order valence-corrected chi connectivity index (χ0v) is 20.9. The van der Waals surface area contributed by atoms with Gasteiger partial charge >= 0.3 is 0 Å². The third-order valence-electron chi connectivity index (χ3n) is 5.32. The molecule has 0 fully saturated rings. The highest BCUT2D eigenvalue weighted by Crippen LogP contribution is 2.37. The molecule has 0 amide bonds. The Bertz CT molecular complexity index is 1410. The summed E-state index contributed by atoms with van der Waals surface area (Å²) < 4.78 is 27.3. The van der Waals surface area contributed by atoms with Crippen LogP contribution in [0.25, 0.3) is 22.3 Å². The van der Waals surface area contributed by atoms with Crippen LogP contribution in [0.2, 0.25) is 10.0 Å². The summed E-state index contributed by atoms with van der Waals surface area (Å²) in [6.07, 6.45) is 1.48. The molecular weight excluding hydrogens is 481 g/mol. The molecule has 1 aromatic carbocycles. The van der Waals surface area contributed by atoms with Crippen LogP contribution < -0.4 is 10.8 Å². The molecule has 0 aliphatic heterocycles. The Hall–Kier alpha value is -2.53. The van der Waals surface area contributed by atoms with Crippen molar-refractivity contribution < 1.29 is 8.96 Å². The molecule has 4 rings (SSSR count). The van der Waals surface area contributed by atoms with E-state index in [2.05, 4.69) is 20.3 Å². The summed E-state index contributed by atoms with van der Waals surface area (Å²) >= 11 is 13.0. The first-order valence-corrected chi connectivity index (χ1v) is 13.6. The monoisotopic (exact) mass is 502 g/mol. The minimum atomic E-state index is -2.52. The lowest BCUT2D eigenvalue weighted by Crippen LogP contribution is -2.10. The Balaban J connectivity index is 1.84. The first-order valence-electron chi connectivity index (χ1n) is 10.3. The van der Waals surface area contributed by atoms with Crippen molar-refractivity contribution in [2.45, 2.75) is 19.9 Å². The zero-order valence-electron chi connectivity index (χ0n) is 18.5. The summed E-state index contributed by atoms with van der Waals surface area (Å²) in [5, 5.41) is 4.41. The molecular formula is C24H22Cl2FN4OP. The van der Waals surface area contributed by atoms with Gasteiger partial charge in [-0.05, 0) is 50.9 Å². The van der Waals surface area contributed by atoms with E-state index in [9.17, 15) is 4.57 Å². The fourth-order valence-corrected chi connectivity index (χ4v) is 4.82. The van der Waals surface area contributed by atoms with E-state index in [1.54, 1.807) is 32.4 Å². The minimum absolute atomic E-state index is 0.110. The standard InChI is InChI=1S/C24H22Cl2FN4OP/c1-13(16-7-5-6-8-17(16)25)30-24-21(26)14(2)29-19-11-18(27)22(31-23(19)24)15-9-10-20(28-12-15)33(3,4)32/h5-13H,1-4H3,(H,29,30)/t13-/m1/s1. The summed E-state index contributed by atoms with van der Waals surface area (Å²) in [6, 6.07) is 12.0. The van der Waals surface area contributed by atoms with Gasteiger partial charge in [0.1, 0.15) is 18.4 Å². The van der Waals surface area contributed by atoms with E-state index in [1.807, 2.05) is 31.2 Å². The van der Waals surface area contributed by atoms with Gasteiger partial charge in [-0.2, -0.15) is 0 Å². The Labute approximate surface area is 201 Å². The summed E-state index contributed by atoms with van der Waals surface area (Å²) in [7, 11) is -2.52. The van der Waals surface area contributed by atoms with Crippen molar-refractivity contribution >= 4 is 52.5 Å². The van der Waals surface area contributed by atoms with Crippen molar-refractivity contribution in [3.8, 4) is 11.3 Å². The number of halogens is 3. The van der Waals surface area contributed by atoms with E-state index in [0.717, 1.165) is 5.56 Å². The SMILES string of the molecule is Cc1nc2cc(F)c(-c3ccc(P(C)(C)=O)nc3)nc2c(N[C@H](C)c2ccccc2Cl)c1Cl. The lowest BCUT2D eigenvalue weighted by atomic mass is 10.1. The molecule has 1 atom stereocenters. The number of aryl methyl sites for hydroxylation is 1. The maximum Gasteiger partial charge on any atom is 0.151 e. The van der Waals surface area contributed by atoms with Crippen molar-refractivity contribution in [1.82, 2.24) is 15.0 Å². The number of hydrogen-bond donors (Lipinski definition) is 1. The van der Waals surface area contributed by atoms with Gasteiger partial charge in [-0.25, -0.2) is 14.4 Å². The Morgan fingerprint density at radius 2 is 1.82 bits per heavy atom. The highest BCUT2D eigenvalue weighted by atomic mass is 35.5. The molecule has 5 nitrogen and oxygen atoms in total. The smallest absolute Gasteiger partial charge is 0.151 e. The number of anilines is 1. The van der Waals surface area contributed by atoms with Gasteiger partial charge in [0.25, 0.3) is 0 Å². The van der Waals surface area contributed by atoms with Crippen molar-refractivity contribution in [2.75, 3.05) is 18.6 Å². The van der Waals surface area contributed by atoms with Crippen molar-refractivity contribution in [2.24, 2.45) is 0 Å². The van der Waals surface area contributed by atoms with E-state index >= 15 is 4.39 Å². The third kappa shape index (κ3) is 4.74. The van der Waals surface area contributed by atoms with Gasteiger partial charge in [0, 0.05) is 22.8 Å². The van der Waals surface area contributed by atoms with E-state index in [4.69, 9.17) is 23.2 Å². The molecule has 1 N–H and O–H groups in total. The molecule has 3 aromatic heterocycles. The van der Waals surface area contributed by atoms with Crippen LogP contribution in [0, 0.1) is 12.7 Å². The maximum absolute atomic E-state index is 15.0. The molecule has 0 saturated carbocycles. The topological polar surface area (TPSA) is 67.8 Å². The van der Waals surface area contributed by atoms with Crippen LogP contribution in [0.1, 0.15) is 24.2 Å². The van der Waals surface area contributed by atoms with Gasteiger partial charge in [-0.1, -0.05) is 41.4 Å². The molecule has 0 saturated heterocycles. The van der Waals surface area contributed by atoms with E-state index in [-0.39, 0.29) is 11.7 Å². The summed E-state index contributed by atoms with van der Waals surface area (Å²) in [6.45, 7) is 6.99. The highest BCUT2D eigenvalue weighted by molar-refractivity contribution is 7.69. The molecule has 3 heterocycles. The minimum Gasteiger partial charge on any atom is -0.375 e. The van der Waals surface area contributed by atoms with E-state index in [1.165, 1.54) is 12.3 Å². The summed E-state index contributed by atoms with van der Waals surface area (Å²) in [4.78, 5) is 13.3. The van der Waals surface area contributed by atoms with Gasteiger partial charge in [-0.15, -0.1) is 0 Å². The van der Waals surface area contributed by atoms with Crippen LogP contribution in [-0.2, 0) is 4.57 Å². The lowest BCUT2D eigenvalue weighted by Gasteiger charge is -2.20. The molecule has 33 heavy (non-hydrogen) atoms. The normalized spacial score (nSPS) is 12.7. The fraction of sp³-hybridized carbons (Fsp3) is 0.208. The quantitative estimate of drug-likeness (QED) is 0.301. The second kappa shape index (κ2) is 9.02. The third-order valence-corrected chi connectivity index (χ3v) is 7.50. The predicted molar refractivity (Wildman–Crippen MR) is 135 cm³/mol. The molecule has 9 heteroatoms. The molecule has 0 unspecified atom stereocenters. The lowest BCUT2D eigenvalue weighted by molar-refractivity contribution is 0.588. The number of aromatic nitrogens is 3. The van der Waals surface area contributed by atoms with Gasteiger partial charge in [0.2, 0.25) is 0 Å². The van der Waals surface area contributed by atoms with Crippen molar-refractivity contribution in [1.29, 1.82) is 0 Å². The van der Waals surface area contributed by atoms with Crippen LogP contribution in [0.5, 0.6) is 0 Å². The average molecular weight is 503 g/mol. The van der Waals surface area contributed by atoms with Gasteiger partial charge in [-0.3, -0.25) is 4.98 Å². The summed E-state index contributed by atoms with van der Waals surface area (Å²) in [5.41, 5.74) is 3.85. The van der Waals surface area contributed by atoms with Crippen LogP contribution >= 0.6 is 30.3 Å². The number of nitrogens with zero attached hydrogens (tertiary/aromatic N) is 3. The van der Waals surface area contributed by atoms with Crippen LogP contribution in [-0.4, -0.2) is 28.3 Å². The van der Waals surface area contributed by atoms with Crippen LogP contribution in [0.3, 0.4) is 0 Å². The number of rotatable bonds is 5. The molecule has 4 aromatic rings. The predicted octanol–water partition coefficient (Wildman–Crippen LogP) is 6.87. The Morgan fingerprint density at radius 3 is 2.45 bits per heavy atom. The van der Waals surface area contributed by atoms with Gasteiger partial charge in [0.15, 0.2) is 5.82 Å². The second-order valence-corrected chi connectivity index (χ2v) is 12.2. The molecule has 0 aliphatic carbocycles. The maximum atomic E-state index is 15.0. The molecule has 0 spiro atoms. The highest BCUT2D eigenvalue weighted by Gasteiger charge is 2.20. The number of nitrogens with one attached hydrogen (secondary N) is 1. The molecule has 0 bridgehead atoms. The molecule has 0 aliphatic rings. The number of pyridine rings is 3. The Morgan fingerprint density at radius 1 is 1.09 bits per heavy atom. The van der Waals surface area contributed by atoms with Crippen LogP contribution in [0.4, 0.5) is 10.1 Å². The second-order valence-electron chi connectivity index (χ2n) is 8.22. The van der Waals surface area contributed by atoms with Crippen molar-refractivity contribution in [3.05, 3.63) is 75.8 Å².